The van der Waals surface area contributed by atoms with E-state index in [9.17, 15) is 4.79 Å². The van der Waals surface area contributed by atoms with E-state index in [0.29, 0.717) is 30.5 Å². The smallest absolute Gasteiger partial charge is 0.236 e. The third-order valence-corrected chi connectivity index (χ3v) is 7.34. The van der Waals surface area contributed by atoms with Gasteiger partial charge in [0.05, 0.1) is 12.6 Å². The minimum absolute atomic E-state index is 0. The second-order valence-corrected chi connectivity index (χ2v) is 9.44. The Morgan fingerprint density at radius 3 is 2.41 bits per heavy atom. The lowest BCUT2D eigenvalue weighted by Crippen LogP contribution is -2.68. The first kappa shape index (κ1) is 23.1. The van der Waals surface area contributed by atoms with Crippen molar-refractivity contribution in [3.05, 3.63) is 0 Å². The minimum Gasteiger partial charge on any atom is -0.377 e. The maximum absolute atomic E-state index is 12.5. The van der Waals surface area contributed by atoms with Crippen molar-refractivity contribution < 1.29 is 9.53 Å². The Morgan fingerprint density at radius 2 is 1.76 bits per heavy atom. The fourth-order valence-electron chi connectivity index (χ4n) is 5.61. The Kier molecular flexibility index (Phi) is 7.70. The molecule has 7 nitrogen and oxygen atoms in total. The van der Waals surface area contributed by atoms with Gasteiger partial charge in [0.15, 0.2) is 5.96 Å². The maximum atomic E-state index is 12.5. The van der Waals surface area contributed by atoms with Crippen LogP contribution in [0.15, 0.2) is 4.99 Å². The second-order valence-electron chi connectivity index (χ2n) is 9.44. The van der Waals surface area contributed by atoms with E-state index in [1.54, 1.807) is 0 Å². The molecule has 0 aromatic carbocycles. The van der Waals surface area contributed by atoms with E-state index < -0.39 is 0 Å². The first-order chi connectivity index (χ1) is 13.5. The Labute approximate surface area is 192 Å². The molecular weight excluding hydrogens is 481 g/mol. The summed E-state index contributed by atoms with van der Waals surface area (Å²) in [5, 5.41) is 3.74. The molecule has 0 spiro atoms. The number of piperidine rings is 1. The average molecular weight is 519 g/mol. The first-order valence-corrected chi connectivity index (χ1v) is 11.1. The summed E-state index contributed by atoms with van der Waals surface area (Å²) in [6.07, 6.45) is 5.12. The van der Waals surface area contributed by atoms with Gasteiger partial charge in [-0.05, 0) is 25.7 Å². The van der Waals surface area contributed by atoms with Crippen molar-refractivity contribution in [1.82, 2.24) is 20.0 Å². The summed E-state index contributed by atoms with van der Waals surface area (Å²) in [4.78, 5) is 23.8. The summed E-state index contributed by atoms with van der Waals surface area (Å²) in [6.45, 7) is 11.6. The molecule has 0 bridgehead atoms. The van der Waals surface area contributed by atoms with Gasteiger partial charge in [0.2, 0.25) is 5.91 Å². The Bertz CT molecular complexity index is 600. The highest BCUT2D eigenvalue weighted by molar-refractivity contribution is 14.0. The molecule has 166 valence electrons. The van der Waals surface area contributed by atoms with E-state index in [1.807, 2.05) is 7.05 Å². The zero-order valence-electron chi connectivity index (χ0n) is 18.2. The number of carbonyl (C=O) groups is 1. The summed E-state index contributed by atoms with van der Waals surface area (Å²) in [5.74, 6) is 1.92. The lowest BCUT2D eigenvalue weighted by Gasteiger charge is -2.55. The van der Waals surface area contributed by atoms with Crippen LogP contribution < -0.4 is 5.32 Å². The Hall–Kier alpha value is -0.610. The number of hydrogen-bond donors (Lipinski definition) is 1. The Morgan fingerprint density at radius 1 is 1.07 bits per heavy atom. The van der Waals surface area contributed by atoms with Gasteiger partial charge in [-0.25, -0.2) is 0 Å². The zero-order valence-corrected chi connectivity index (χ0v) is 20.6. The molecule has 8 heteroatoms. The highest BCUT2D eigenvalue weighted by Crippen LogP contribution is 2.52. The fourth-order valence-corrected chi connectivity index (χ4v) is 5.61. The predicted octanol–water partition coefficient (Wildman–Crippen LogP) is 1.62. The normalized spacial score (nSPS) is 32.2. The summed E-state index contributed by atoms with van der Waals surface area (Å²) < 4.78 is 5.92. The summed E-state index contributed by atoms with van der Waals surface area (Å²) in [6, 6.07) is 0.428. The van der Waals surface area contributed by atoms with Gasteiger partial charge in [0.25, 0.3) is 0 Å². The van der Waals surface area contributed by atoms with Crippen LogP contribution in [0.2, 0.25) is 0 Å². The number of ether oxygens (including phenoxy) is 1. The highest BCUT2D eigenvalue weighted by atomic mass is 127. The lowest BCUT2D eigenvalue weighted by molar-refractivity contribution is -0.133. The molecule has 1 aliphatic carbocycles. The van der Waals surface area contributed by atoms with Crippen molar-refractivity contribution in [1.29, 1.82) is 0 Å². The van der Waals surface area contributed by atoms with E-state index in [2.05, 4.69) is 38.9 Å². The van der Waals surface area contributed by atoms with Crippen LogP contribution in [0.5, 0.6) is 0 Å². The molecule has 0 radical (unpaired) electrons. The number of likely N-dealkylation sites (tertiary alicyclic amines) is 1. The standard InChI is InChI=1S/C21H37N5O2.HI/c1-21(2)18(16-7-14-28-19(16)21)23-20(22-3)26-12-10-24(11-13-26)15-17(27)25-8-5-4-6-9-25;/h16,18-19H,4-15H2,1-3H3,(H,22,23);1H. The van der Waals surface area contributed by atoms with Gasteiger partial charge in [0, 0.05) is 70.3 Å². The molecule has 0 aromatic rings. The summed E-state index contributed by atoms with van der Waals surface area (Å²) in [7, 11) is 1.88. The van der Waals surface area contributed by atoms with Gasteiger partial charge in [-0.15, -0.1) is 24.0 Å². The zero-order chi connectivity index (χ0) is 19.7. The minimum atomic E-state index is 0. The van der Waals surface area contributed by atoms with Crippen molar-refractivity contribution in [2.75, 3.05) is 59.5 Å². The van der Waals surface area contributed by atoms with E-state index in [-0.39, 0.29) is 29.4 Å². The van der Waals surface area contributed by atoms with Crippen molar-refractivity contribution in [3.63, 3.8) is 0 Å². The monoisotopic (exact) mass is 519 g/mol. The molecule has 0 aromatic heterocycles. The molecule has 1 N–H and O–H groups in total. The van der Waals surface area contributed by atoms with Crippen LogP contribution in [0.25, 0.3) is 0 Å². The molecule has 4 rings (SSSR count). The van der Waals surface area contributed by atoms with Gasteiger partial charge in [-0.3, -0.25) is 14.7 Å². The molecule has 3 aliphatic heterocycles. The molecule has 3 heterocycles. The molecule has 3 unspecified atom stereocenters. The first-order valence-electron chi connectivity index (χ1n) is 11.1. The quantitative estimate of drug-likeness (QED) is 0.349. The van der Waals surface area contributed by atoms with E-state index in [0.717, 1.165) is 71.1 Å². The largest absolute Gasteiger partial charge is 0.377 e. The van der Waals surface area contributed by atoms with Crippen LogP contribution in [0.1, 0.15) is 39.5 Å². The van der Waals surface area contributed by atoms with Crippen molar-refractivity contribution in [2.24, 2.45) is 16.3 Å². The molecule has 29 heavy (non-hydrogen) atoms. The maximum Gasteiger partial charge on any atom is 0.236 e. The molecule has 3 saturated heterocycles. The predicted molar refractivity (Wildman–Crippen MR) is 126 cm³/mol. The second kappa shape index (κ2) is 9.68. The van der Waals surface area contributed by atoms with Crippen LogP contribution in [-0.4, -0.2) is 98.2 Å². The number of hydrogen-bond acceptors (Lipinski definition) is 4. The van der Waals surface area contributed by atoms with Crippen LogP contribution in [0, 0.1) is 11.3 Å². The third-order valence-electron chi connectivity index (χ3n) is 7.34. The number of nitrogens with zero attached hydrogens (tertiary/aromatic N) is 4. The van der Waals surface area contributed by atoms with Crippen molar-refractivity contribution in [2.45, 2.75) is 51.7 Å². The van der Waals surface area contributed by atoms with E-state index >= 15 is 0 Å². The third kappa shape index (κ3) is 4.69. The summed E-state index contributed by atoms with van der Waals surface area (Å²) in [5.41, 5.74) is 0.153. The molecular formula is C21H38IN5O2. The molecule has 1 saturated carbocycles. The van der Waals surface area contributed by atoms with E-state index in [1.165, 1.54) is 6.42 Å². The average Bonchev–Trinajstić information content (AvgIpc) is 3.17. The highest BCUT2D eigenvalue weighted by Gasteiger charge is 2.59. The van der Waals surface area contributed by atoms with Crippen molar-refractivity contribution in [3.8, 4) is 0 Å². The lowest BCUT2D eigenvalue weighted by atomic mass is 9.57. The van der Waals surface area contributed by atoms with Gasteiger partial charge < -0.3 is 19.9 Å². The van der Waals surface area contributed by atoms with Crippen LogP contribution in [0.4, 0.5) is 0 Å². The number of piperazine rings is 1. The van der Waals surface area contributed by atoms with Crippen LogP contribution in [0.3, 0.4) is 0 Å². The molecule has 4 fully saturated rings. The number of amides is 1. The number of halogens is 1. The van der Waals surface area contributed by atoms with E-state index in [4.69, 9.17) is 4.74 Å². The van der Waals surface area contributed by atoms with Gasteiger partial charge in [-0.1, -0.05) is 13.8 Å². The number of rotatable bonds is 3. The van der Waals surface area contributed by atoms with Crippen LogP contribution >= 0.6 is 24.0 Å². The number of nitrogens with one attached hydrogen (secondary N) is 1. The molecule has 3 atom stereocenters. The Balaban J connectivity index is 0.00000240. The molecule has 4 aliphatic rings. The number of fused-ring (bicyclic) bond motifs is 1. The number of aliphatic imine (C=N–C) groups is 1. The fraction of sp³-hybridized carbons (Fsp3) is 0.905. The van der Waals surface area contributed by atoms with Gasteiger partial charge in [-0.2, -0.15) is 0 Å². The van der Waals surface area contributed by atoms with Gasteiger partial charge in [0.1, 0.15) is 0 Å². The summed E-state index contributed by atoms with van der Waals surface area (Å²) >= 11 is 0. The van der Waals surface area contributed by atoms with Crippen LogP contribution in [-0.2, 0) is 9.53 Å². The SMILES string of the molecule is CN=C(NC1C2CCOC2C1(C)C)N1CCN(CC(=O)N2CCCCC2)CC1.I. The number of guanidine groups is 1. The molecule has 1 amide bonds. The topological polar surface area (TPSA) is 60.4 Å². The number of carbonyl (C=O) groups excluding carboxylic acids is 1. The van der Waals surface area contributed by atoms with Gasteiger partial charge >= 0.3 is 0 Å². The van der Waals surface area contributed by atoms with Crippen molar-refractivity contribution >= 4 is 35.8 Å².